The number of rotatable bonds is 7. The van der Waals surface area contributed by atoms with E-state index in [1.54, 1.807) is 11.3 Å². The SMILES string of the molecule is Cc1csc(CCCCNC(=O)C2(c3ccccc3)CCOCC2)n1. The zero-order valence-electron chi connectivity index (χ0n) is 14.8. The summed E-state index contributed by atoms with van der Waals surface area (Å²) in [5.74, 6) is 0.145. The molecule has 1 fully saturated rings. The van der Waals surface area contributed by atoms with Gasteiger partial charge in [0.15, 0.2) is 0 Å². The van der Waals surface area contributed by atoms with Crippen molar-refractivity contribution in [1.82, 2.24) is 10.3 Å². The van der Waals surface area contributed by atoms with E-state index in [9.17, 15) is 4.79 Å². The van der Waals surface area contributed by atoms with E-state index in [0.717, 1.165) is 49.9 Å². The van der Waals surface area contributed by atoms with Crippen molar-refractivity contribution in [2.24, 2.45) is 0 Å². The second-order valence-corrected chi connectivity index (χ2v) is 7.60. The minimum Gasteiger partial charge on any atom is -0.381 e. The van der Waals surface area contributed by atoms with E-state index >= 15 is 0 Å². The molecule has 1 saturated heterocycles. The van der Waals surface area contributed by atoms with Gasteiger partial charge in [-0.15, -0.1) is 11.3 Å². The van der Waals surface area contributed by atoms with Crippen molar-refractivity contribution in [2.75, 3.05) is 19.8 Å². The zero-order chi connectivity index (χ0) is 17.5. The molecule has 2 aromatic rings. The molecule has 25 heavy (non-hydrogen) atoms. The van der Waals surface area contributed by atoms with Crippen LogP contribution < -0.4 is 5.32 Å². The van der Waals surface area contributed by atoms with Gasteiger partial charge in [-0.1, -0.05) is 30.3 Å². The molecule has 0 spiro atoms. The van der Waals surface area contributed by atoms with Gasteiger partial charge in [0.1, 0.15) is 0 Å². The Bertz CT molecular complexity index is 678. The van der Waals surface area contributed by atoms with Gasteiger partial charge in [0.05, 0.1) is 10.4 Å². The molecule has 0 bridgehead atoms. The number of benzene rings is 1. The van der Waals surface area contributed by atoms with Gasteiger partial charge in [-0.05, 0) is 44.6 Å². The Balaban J connectivity index is 1.52. The van der Waals surface area contributed by atoms with Crippen LogP contribution in [0.1, 0.15) is 41.9 Å². The van der Waals surface area contributed by atoms with Crippen LogP contribution in [0.25, 0.3) is 0 Å². The van der Waals surface area contributed by atoms with Crippen molar-refractivity contribution in [2.45, 2.75) is 44.4 Å². The van der Waals surface area contributed by atoms with Gasteiger partial charge in [-0.3, -0.25) is 4.79 Å². The summed E-state index contributed by atoms with van der Waals surface area (Å²) in [7, 11) is 0. The van der Waals surface area contributed by atoms with Crippen molar-refractivity contribution in [3.8, 4) is 0 Å². The van der Waals surface area contributed by atoms with Gasteiger partial charge in [0, 0.05) is 30.8 Å². The monoisotopic (exact) mass is 358 g/mol. The van der Waals surface area contributed by atoms with Crippen LogP contribution in [-0.2, 0) is 21.4 Å². The minimum atomic E-state index is -0.439. The third kappa shape index (κ3) is 4.47. The Morgan fingerprint density at radius 2 is 2.00 bits per heavy atom. The quantitative estimate of drug-likeness (QED) is 0.769. The number of carbonyl (C=O) groups excluding carboxylic acids is 1. The van der Waals surface area contributed by atoms with Crippen LogP contribution in [-0.4, -0.2) is 30.6 Å². The summed E-state index contributed by atoms with van der Waals surface area (Å²) in [5.41, 5.74) is 1.76. The van der Waals surface area contributed by atoms with Gasteiger partial charge >= 0.3 is 0 Å². The highest BCUT2D eigenvalue weighted by Crippen LogP contribution is 2.35. The molecule has 1 aliphatic heterocycles. The Morgan fingerprint density at radius 1 is 1.24 bits per heavy atom. The summed E-state index contributed by atoms with van der Waals surface area (Å²) in [5, 5.41) is 6.45. The lowest BCUT2D eigenvalue weighted by molar-refractivity contribution is -0.130. The van der Waals surface area contributed by atoms with Gasteiger partial charge < -0.3 is 10.1 Å². The smallest absolute Gasteiger partial charge is 0.230 e. The summed E-state index contributed by atoms with van der Waals surface area (Å²) < 4.78 is 5.50. The first kappa shape index (κ1) is 18.1. The molecule has 1 amide bonds. The van der Waals surface area contributed by atoms with Crippen LogP contribution in [0.4, 0.5) is 0 Å². The maximum atomic E-state index is 13.0. The lowest BCUT2D eigenvalue weighted by atomic mass is 9.73. The van der Waals surface area contributed by atoms with Crippen LogP contribution in [0, 0.1) is 6.92 Å². The number of ether oxygens (including phenoxy) is 1. The first-order valence-electron chi connectivity index (χ1n) is 9.03. The van der Waals surface area contributed by atoms with Gasteiger partial charge in [-0.2, -0.15) is 0 Å². The Kier molecular flexibility index (Phi) is 6.21. The number of nitrogens with one attached hydrogen (secondary N) is 1. The van der Waals surface area contributed by atoms with E-state index in [4.69, 9.17) is 4.74 Å². The molecule has 0 saturated carbocycles. The largest absolute Gasteiger partial charge is 0.381 e. The van der Waals surface area contributed by atoms with Gasteiger partial charge in [-0.25, -0.2) is 4.98 Å². The van der Waals surface area contributed by atoms with Crippen LogP contribution in [0.3, 0.4) is 0 Å². The molecule has 0 aliphatic carbocycles. The molecule has 1 aromatic carbocycles. The number of amides is 1. The zero-order valence-corrected chi connectivity index (χ0v) is 15.6. The summed E-state index contributed by atoms with van der Waals surface area (Å²) in [6.45, 7) is 4.03. The second kappa shape index (κ2) is 8.59. The lowest BCUT2D eigenvalue weighted by Crippen LogP contribution is -2.48. The van der Waals surface area contributed by atoms with Crippen molar-refractivity contribution < 1.29 is 9.53 Å². The fourth-order valence-corrected chi connectivity index (χ4v) is 4.23. The predicted octanol–water partition coefficient (Wildman–Crippen LogP) is 3.64. The third-order valence-corrected chi connectivity index (χ3v) is 5.90. The molecule has 5 heteroatoms. The van der Waals surface area contributed by atoms with Crippen molar-refractivity contribution in [3.63, 3.8) is 0 Å². The third-order valence-electron chi connectivity index (χ3n) is 4.88. The molecule has 4 nitrogen and oxygen atoms in total. The van der Waals surface area contributed by atoms with Crippen LogP contribution in [0.2, 0.25) is 0 Å². The number of aromatic nitrogens is 1. The molecule has 0 radical (unpaired) electrons. The first-order chi connectivity index (χ1) is 12.2. The number of hydrogen-bond acceptors (Lipinski definition) is 4. The molecule has 1 aliphatic rings. The normalized spacial score (nSPS) is 16.5. The number of nitrogens with zero attached hydrogens (tertiary/aromatic N) is 1. The van der Waals surface area contributed by atoms with E-state index in [1.165, 1.54) is 5.01 Å². The Labute approximate surface area is 153 Å². The fraction of sp³-hybridized carbons (Fsp3) is 0.500. The predicted molar refractivity (Wildman–Crippen MR) is 101 cm³/mol. The average molecular weight is 359 g/mol. The highest BCUT2D eigenvalue weighted by Gasteiger charge is 2.41. The number of unbranched alkanes of at least 4 members (excludes halogenated alkanes) is 1. The Morgan fingerprint density at radius 3 is 2.68 bits per heavy atom. The topological polar surface area (TPSA) is 51.2 Å². The summed E-state index contributed by atoms with van der Waals surface area (Å²) in [6.07, 6.45) is 4.52. The molecular formula is C20H26N2O2S. The first-order valence-corrected chi connectivity index (χ1v) is 9.91. The van der Waals surface area contributed by atoms with E-state index in [2.05, 4.69) is 27.8 Å². The maximum Gasteiger partial charge on any atom is 0.230 e. The highest BCUT2D eigenvalue weighted by molar-refractivity contribution is 7.09. The molecule has 0 unspecified atom stereocenters. The van der Waals surface area contributed by atoms with Crippen LogP contribution in [0.15, 0.2) is 35.7 Å². The van der Waals surface area contributed by atoms with Crippen molar-refractivity contribution >= 4 is 17.2 Å². The summed E-state index contributed by atoms with van der Waals surface area (Å²) in [6, 6.07) is 10.1. The molecule has 1 N–H and O–H groups in total. The van der Waals surface area contributed by atoms with Crippen LogP contribution in [0.5, 0.6) is 0 Å². The second-order valence-electron chi connectivity index (χ2n) is 6.66. The molecule has 0 atom stereocenters. The average Bonchev–Trinajstić information content (AvgIpc) is 3.07. The molecule has 134 valence electrons. The number of hydrogen-bond donors (Lipinski definition) is 1. The molecule has 2 heterocycles. The van der Waals surface area contributed by atoms with E-state index in [1.807, 2.05) is 25.1 Å². The molecular weight excluding hydrogens is 332 g/mol. The van der Waals surface area contributed by atoms with Gasteiger partial charge in [0.2, 0.25) is 5.91 Å². The van der Waals surface area contributed by atoms with Crippen molar-refractivity contribution in [1.29, 1.82) is 0 Å². The van der Waals surface area contributed by atoms with E-state index < -0.39 is 5.41 Å². The summed E-state index contributed by atoms with van der Waals surface area (Å²) in [4.78, 5) is 17.5. The molecule has 1 aromatic heterocycles. The fourth-order valence-electron chi connectivity index (χ4n) is 3.41. The lowest BCUT2D eigenvalue weighted by Gasteiger charge is -2.36. The van der Waals surface area contributed by atoms with E-state index in [-0.39, 0.29) is 5.91 Å². The number of aryl methyl sites for hydroxylation is 2. The van der Waals surface area contributed by atoms with E-state index in [0.29, 0.717) is 13.2 Å². The van der Waals surface area contributed by atoms with Gasteiger partial charge in [0.25, 0.3) is 0 Å². The number of carbonyl (C=O) groups is 1. The summed E-state index contributed by atoms with van der Waals surface area (Å²) >= 11 is 1.72. The minimum absolute atomic E-state index is 0.145. The molecule has 3 rings (SSSR count). The number of thiazole rings is 1. The highest BCUT2D eigenvalue weighted by atomic mass is 32.1. The maximum absolute atomic E-state index is 13.0. The van der Waals surface area contributed by atoms with Crippen LogP contribution >= 0.6 is 11.3 Å². The Hall–Kier alpha value is -1.72. The standard InChI is InChI=1S/C20H26N2O2S/c1-16-15-25-18(22-16)9-5-6-12-21-19(23)20(10-13-24-14-11-20)17-7-3-2-4-8-17/h2-4,7-8,15H,5-6,9-14H2,1H3,(H,21,23). The van der Waals surface area contributed by atoms with Crippen molar-refractivity contribution in [3.05, 3.63) is 52.0 Å².